The molecule has 0 saturated carbocycles. The molecule has 0 bridgehead atoms. The van der Waals surface area contributed by atoms with Gasteiger partial charge in [-0.1, -0.05) is 138 Å². The van der Waals surface area contributed by atoms with Gasteiger partial charge in [0.05, 0.1) is 15.0 Å². The Morgan fingerprint density at radius 2 is 1.25 bits per heavy atom. The van der Waals surface area contributed by atoms with Crippen LogP contribution in [0, 0.1) is 25.4 Å². The van der Waals surface area contributed by atoms with Crippen molar-refractivity contribution in [3.05, 3.63) is 205 Å². The zero-order valence-electron chi connectivity index (χ0n) is 38.5. The molecule has 6 nitrogen and oxygen atoms in total. The first-order valence-corrected chi connectivity index (χ1v) is 21.2. The molecule has 1 aliphatic rings. The van der Waals surface area contributed by atoms with Gasteiger partial charge in [0.15, 0.2) is 0 Å². The molecule has 0 spiro atoms. The molecule has 9 aromatic rings. The number of hydrogen-bond donors (Lipinski definition) is 0. The Kier molecular flexibility index (Phi) is 10.4. The van der Waals surface area contributed by atoms with E-state index >= 15 is 0 Å². The summed E-state index contributed by atoms with van der Waals surface area (Å²) >= 11 is 0. The number of aromatic nitrogens is 2. The number of nitrogens with zero attached hydrogens (tertiary/aromatic N) is 5. The molecule has 0 N–H and O–H groups in total. The standard InChI is InChI=1S/C57H46N5O.Pt/c1-56(2,3)40-28-29-59-54(32-40)62-50-23-15-14-22-46(50)47-27-26-44(36-53(47)62)63-45-34-42(58-7)33-43(35-45)60-37-61(52-25-17-16-24-51(52)60)55-48(38-18-10-8-11-19-38)30-41(57(4,5)6)31-49(55)39-20-12-9-13-21-39;/h8-34,37H,1-6H3;/q-3;/i30D,31D;. The summed E-state index contributed by atoms with van der Waals surface area (Å²) in [6.07, 6.45) is 1.86. The van der Waals surface area contributed by atoms with Crippen LogP contribution in [0.1, 0.15) is 55.4 Å². The minimum absolute atomic E-state index is 0. The molecule has 0 atom stereocenters. The van der Waals surface area contributed by atoms with E-state index in [4.69, 9.17) is 16.3 Å². The summed E-state index contributed by atoms with van der Waals surface area (Å²) in [7, 11) is 0. The number of ether oxygens (including phenoxy) is 1. The predicted octanol–water partition coefficient (Wildman–Crippen LogP) is 15.5. The first-order valence-electron chi connectivity index (χ1n) is 22.2. The summed E-state index contributed by atoms with van der Waals surface area (Å²) in [6, 6.07) is 55.8. The maximum absolute atomic E-state index is 9.87. The van der Waals surface area contributed by atoms with Crippen molar-refractivity contribution in [3.8, 4) is 39.6 Å². The van der Waals surface area contributed by atoms with Crippen LogP contribution in [0.4, 0.5) is 28.4 Å². The zero-order valence-corrected chi connectivity index (χ0v) is 38.7. The maximum Gasteiger partial charge on any atom is 0.135 e. The van der Waals surface area contributed by atoms with Crippen LogP contribution >= 0.6 is 0 Å². The summed E-state index contributed by atoms with van der Waals surface area (Å²) < 4.78 is 28.5. The number of pyridine rings is 1. The summed E-state index contributed by atoms with van der Waals surface area (Å²) in [5, 5.41) is 2.10. The van der Waals surface area contributed by atoms with E-state index in [9.17, 15) is 2.74 Å². The van der Waals surface area contributed by atoms with Crippen LogP contribution in [0.15, 0.2) is 164 Å². The minimum Gasteiger partial charge on any atom is -0.510 e. The van der Waals surface area contributed by atoms with Gasteiger partial charge in [-0.15, -0.1) is 48.1 Å². The second-order valence-corrected chi connectivity index (χ2v) is 17.9. The molecule has 0 aliphatic carbocycles. The molecule has 1 aliphatic heterocycles. The fourth-order valence-electron chi connectivity index (χ4n) is 8.31. The van der Waals surface area contributed by atoms with E-state index in [1.807, 2.05) is 121 Å². The number of benzene rings is 7. The molecule has 0 amide bonds. The Morgan fingerprint density at radius 3 is 1.89 bits per heavy atom. The van der Waals surface area contributed by atoms with Gasteiger partial charge in [0, 0.05) is 72.5 Å². The third kappa shape index (κ3) is 7.76. The Bertz CT molecular complexity index is 3280. The van der Waals surface area contributed by atoms with Gasteiger partial charge in [0.25, 0.3) is 0 Å². The van der Waals surface area contributed by atoms with E-state index in [-0.39, 0.29) is 26.5 Å². The zero-order chi connectivity index (χ0) is 45.2. The average molecular weight is 1010 g/mol. The molecule has 0 radical (unpaired) electrons. The third-order valence-corrected chi connectivity index (χ3v) is 11.5. The number of rotatable bonds is 7. The summed E-state index contributed by atoms with van der Waals surface area (Å²) in [5.41, 5.74) is 9.72. The van der Waals surface area contributed by atoms with Crippen molar-refractivity contribution in [1.82, 2.24) is 9.55 Å². The van der Waals surface area contributed by atoms with E-state index in [0.29, 0.717) is 40.5 Å². The quantitative estimate of drug-likeness (QED) is 0.149. The van der Waals surface area contributed by atoms with Crippen molar-refractivity contribution in [2.45, 2.75) is 52.4 Å². The SMILES string of the molecule is [2H]c1c(-c2ccccc2)c(N2[CH-]N(c3[c-]c(Oc4[c-]c5c(cc4)c4ccccc4n5-c4cc(C(C)(C)C)ccn4)cc([N+]#[C-])c3)c3ccccc32)c(-c2ccccc2)c([2H])c1C(C)(C)C.[Pt]. The van der Waals surface area contributed by atoms with Gasteiger partial charge in [-0.05, 0) is 80.9 Å². The van der Waals surface area contributed by atoms with Gasteiger partial charge < -0.3 is 19.1 Å². The Morgan fingerprint density at radius 1 is 0.641 bits per heavy atom. The first-order chi connectivity index (χ1) is 31.3. The molecule has 7 aromatic carbocycles. The van der Waals surface area contributed by atoms with Crippen molar-refractivity contribution < 1.29 is 28.5 Å². The third-order valence-electron chi connectivity index (χ3n) is 11.5. The van der Waals surface area contributed by atoms with Crippen LogP contribution in [0.5, 0.6) is 11.5 Å². The largest absolute Gasteiger partial charge is 0.510 e. The molecule has 64 heavy (non-hydrogen) atoms. The van der Waals surface area contributed by atoms with Gasteiger partial charge in [0.1, 0.15) is 5.82 Å². The second-order valence-electron chi connectivity index (χ2n) is 17.9. The predicted molar refractivity (Wildman–Crippen MR) is 259 cm³/mol. The Balaban J connectivity index is 0.00000548. The maximum atomic E-state index is 9.87. The van der Waals surface area contributed by atoms with Crippen molar-refractivity contribution in [3.63, 3.8) is 0 Å². The van der Waals surface area contributed by atoms with Gasteiger partial charge >= 0.3 is 0 Å². The molecule has 0 saturated heterocycles. The van der Waals surface area contributed by atoms with Crippen molar-refractivity contribution in [1.29, 1.82) is 0 Å². The second kappa shape index (κ2) is 16.6. The molecule has 3 heterocycles. The van der Waals surface area contributed by atoms with Crippen LogP contribution in [0.25, 0.3) is 54.7 Å². The molecular formula is C57H46N5OPt-3. The molecule has 318 valence electrons. The van der Waals surface area contributed by atoms with E-state index in [0.717, 1.165) is 66.9 Å². The monoisotopic (exact) mass is 1010 g/mol. The van der Waals surface area contributed by atoms with Gasteiger partial charge in [-0.25, -0.2) is 4.98 Å². The van der Waals surface area contributed by atoms with E-state index < -0.39 is 5.41 Å². The van der Waals surface area contributed by atoms with Gasteiger partial charge in [-0.2, -0.15) is 6.07 Å². The van der Waals surface area contributed by atoms with Crippen LogP contribution in [0.3, 0.4) is 0 Å². The molecule has 10 rings (SSSR count). The van der Waals surface area contributed by atoms with E-state index in [2.05, 4.69) is 98.3 Å². The van der Waals surface area contributed by atoms with E-state index in [1.165, 1.54) is 5.56 Å². The van der Waals surface area contributed by atoms with Crippen LogP contribution in [0.2, 0.25) is 0 Å². The number of hydrogen-bond acceptors (Lipinski definition) is 4. The normalized spacial score (nSPS) is 13.0. The summed E-state index contributed by atoms with van der Waals surface area (Å²) in [4.78, 5) is 12.8. The number of fused-ring (bicyclic) bond motifs is 4. The Hall–Kier alpha value is -6.93. The smallest absolute Gasteiger partial charge is 0.135 e. The fraction of sp³-hybridized carbons (Fsp3) is 0.140. The molecule has 0 fully saturated rings. The van der Waals surface area contributed by atoms with Crippen molar-refractivity contribution >= 4 is 50.2 Å². The molecule has 7 heteroatoms. The van der Waals surface area contributed by atoms with Crippen LogP contribution in [-0.2, 0) is 31.9 Å². The Labute approximate surface area is 393 Å². The van der Waals surface area contributed by atoms with Crippen LogP contribution < -0.4 is 14.5 Å². The topological polar surface area (TPSA) is 37.9 Å². The fourth-order valence-corrected chi connectivity index (χ4v) is 8.31. The molecule has 2 aromatic heterocycles. The first kappa shape index (κ1) is 39.9. The van der Waals surface area contributed by atoms with E-state index in [1.54, 1.807) is 12.1 Å². The summed E-state index contributed by atoms with van der Waals surface area (Å²) in [5.74, 6) is 1.62. The van der Waals surface area contributed by atoms with Gasteiger partial charge in [0.2, 0.25) is 0 Å². The number of anilines is 4. The molecule has 0 unspecified atom stereocenters. The van der Waals surface area contributed by atoms with Gasteiger partial charge in [-0.3, -0.25) is 4.85 Å². The van der Waals surface area contributed by atoms with Crippen LogP contribution in [-0.4, -0.2) is 9.55 Å². The number of para-hydroxylation sites is 3. The molecular weight excluding hydrogens is 966 g/mol. The average Bonchev–Trinajstić information content (AvgIpc) is 3.84. The minimum atomic E-state index is -0.489. The summed E-state index contributed by atoms with van der Waals surface area (Å²) in [6.45, 7) is 23.0. The van der Waals surface area contributed by atoms with Crippen molar-refractivity contribution in [2.75, 3.05) is 9.80 Å². The van der Waals surface area contributed by atoms with Crippen molar-refractivity contribution in [2.24, 2.45) is 0 Å².